The number of nitrogens with zero attached hydrogens (tertiary/aromatic N) is 5. The third-order valence-electron chi connectivity index (χ3n) is 11.6. The van der Waals surface area contributed by atoms with Crippen molar-refractivity contribution in [1.82, 2.24) is 20.2 Å². The third kappa shape index (κ3) is 4.34. The van der Waals surface area contributed by atoms with Crippen LogP contribution in [-0.2, 0) is 13.0 Å². The first-order valence-electron chi connectivity index (χ1n) is 16.5. The predicted octanol–water partition coefficient (Wildman–Crippen LogP) is 5.48. The van der Waals surface area contributed by atoms with E-state index in [9.17, 15) is 5.11 Å². The Balaban J connectivity index is 1.07. The maximum atomic E-state index is 16.0. The van der Waals surface area contributed by atoms with E-state index in [-0.39, 0.29) is 17.3 Å². The highest BCUT2D eigenvalue weighted by atomic mass is 79.9. The minimum Gasteiger partial charge on any atom is -0.508 e. The Morgan fingerprint density at radius 3 is 2.77 bits per heavy atom. The van der Waals surface area contributed by atoms with Crippen molar-refractivity contribution in [1.29, 1.82) is 0 Å². The van der Waals surface area contributed by atoms with Gasteiger partial charge in [0.1, 0.15) is 23.8 Å². The Hall–Kier alpha value is -2.69. The molecule has 9 rings (SSSR count). The maximum absolute atomic E-state index is 16.0. The van der Waals surface area contributed by atoms with Crippen LogP contribution in [0.15, 0.2) is 34.8 Å². The number of nitrogens with one attached hydrogen (secondary N) is 1. The fourth-order valence-electron chi connectivity index (χ4n) is 9.73. The third-order valence-corrected chi connectivity index (χ3v) is 12.2. The molecule has 1 aliphatic carbocycles. The van der Waals surface area contributed by atoms with Crippen molar-refractivity contribution in [2.75, 3.05) is 42.6 Å². The number of hydrogen-bond acceptors (Lipinski definition) is 8. The van der Waals surface area contributed by atoms with Crippen LogP contribution in [0.5, 0.6) is 11.8 Å². The van der Waals surface area contributed by atoms with E-state index >= 15 is 4.39 Å². The summed E-state index contributed by atoms with van der Waals surface area (Å²) in [6.45, 7) is 4.69. The van der Waals surface area contributed by atoms with Crippen LogP contribution in [0.4, 0.5) is 15.9 Å². The van der Waals surface area contributed by atoms with Gasteiger partial charge in [-0.05, 0) is 75.4 Å². The molecule has 3 aromatic rings. The molecule has 0 amide bonds. The quantitative estimate of drug-likeness (QED) is 0.372. The van der Waals surface area contributed by atoms with Crippen LogP contribution in [0.25, 0.3) is 10.8 Å². The summed E-state index contributed by atoms with van der Waals surface area (Å²) in [7, 11) is 0. The number of anilines is 2. The minimum absolute atomic E-state index is 0.0370. The summed E-state index contributed by atoms with van der Waals surface area (Å²) in [6, 6.07) is 11.2. The van der Waals surface area contributed by atoms with Gasteiger partial charge in [0.2, 0.25) is 0 Å². The lowest BCUT2D eigenvalue weighted by atomic mass is 9.88. The van der Waals surface area contributed by atoms with Crippen LogP contribution in [0.1, 0.15) is 62.6 Å². The molecule has 6 aliphatic rings. The molecule has 2 aromatic carbocycles. The molecule has 0 radical (unpaired) electrons. The molecule has 10 heteroatoms. The van der Waals surface area contributed by atoms with Gasteiger partial charge in [-0.1, -0.05) is 28.1 Å². The number of hydrogen-bond donors (Lipinski definition) is 2. The summed E-state index contributed by atoms with van der Waals surface area (Å²) in [6.07, 6.45) is 8.48. The number of benzene rings is 2. The van der Waals surface area contributed by atoms with Crippen LogP contribution < -0.4 is 19.9 Å². The highest BCUT2D eigenvalue weighted by Gasteiger charge is 2.63. The number of piperazine rings is 1. The number of fused-ring (bicyclic) bond motifs is 7. The van der Waals surface area contributed by atoms with Crippen LogP contribution in [0.2, 0.25) is 0 Å². The molecule has 8 nitrogen and oxygen atoms in total. The molecule has 2 bridgehead atoms. The lowest BCUT2D eigenvalue weighted by molar-refractivity contribution is 0.0808. The van der Waals surface area contributed by atoms with E-state index in [1.54, 1.807) is 0 Å². The van der Waals surface area contributed by atoms with Gasteiger partial charge in [0, 0.05) is 71.4 Å². The number of ether oxygens (including phenoxy) is 1. The van der Waals surface area contributed by atoms with Crippen LogP contribution >= 0.6 is 15.9 Å². The first-order chi connectivity index (χ1) is 21.4. The van der Waals surface area contributed by atoms with Gasteiger partial charge < -0.3 is 25.0 Å². The van der Waals surface area contributed by atoms with Gasteiger partial charge in [0.15, 0.2) is 0 Å². The van der Waals surface area contributed by atoms with E-state index in [4.69, 9.17) is 14.7 Å². The molecule has 5 aliphatic heterocycles. The van der Waals surface area contributed by atoms with Crippen molar-refractivity contribution >= 4 is 38.2 Å². The van der Waals surface area contributed by atoms with Crippen molar-refractivity contribution in [3.05, 3.63) is 46.1 Å². The SMILES string of the molecule is Oc1cc(N2CCc3c(nc(OC[C@]45CCCN4[C@H]4CCC[C@@]4(F)C5)nc3N3CC4CCC(C3)N4)C2)c2c(Br)cccc2c1. The summed E-state index contributed by atoms with van der Waals surface area (Å²) in [5.41, 5.74) is 1.84. The topological polar surface area (TPSA) is 77.0 Å². The van der Waals surface area contributed by atoms with Gasteiger partial charge in [0.25, 0.3) is 0 Å². The fourth-order valence-corrected chi connectivity index (χ4v) is 10.3. The van der Waals surface area contributed by atoms with Crippen molar-refractivity contribution < 1.29 is 14.2 Å². The second-order valence-electron chi connectivity index (χ2n) is 14.2. The van der Waals surface area contributed by atoms with Crippen molar-refractivity contribution in [3.63, 3.8) is 0 Å². The van der Waals surface area contributed by atoms with Gasteiger partial charge >= 0.3 is 6.01 Å². The van der Waals surface area contributed by atoms with E-state index in [1.165, 1.54) is 18.4 Å². The van der Waals surface area contributed by atoms with Gasteiger partial charge in [-0.3, -0.25) is 4.90 Å². The first kappa shape index (κ1) is 27.6. The number of aromatic hydroxyl groups is 1. The summed E-state index contributed by atoms with van der Waals surface area (Å²) < 4.78 is 23.6. The summed E-state index contributed by atoms with van der Waals surface area (Å²) >= 11 is 3.76. The van der Waals surface area contributed by atoms with E-state index in [1.807, 2.05) is 24.3 Å². The summed E-state index contributed by atoms with van der Waals surface area (Å²) in [5, 5.41) is 16.5. The molecule has 2 N–H and O–H groups in total. The molecule has 2 unspecified atom stereocenters. The normalized spacial score (nSPS) is 32.7. The molecule has 0 spiro atoms. The fraction of sp³-hybridized carbons (Fsp3) is 0.588. The van der Waals surface area contributed by atoms with Gasteiger partial charge in [0.05, 0.1) is 17.8 Å². The minimum atomic E-state index is -1.08. The Labute approximate surface area is 266 Å². The summed E-state index contributed by atoms with van der Waals surface area (Å²) in [5.74, 6) is 1.27. The Morgan fingerprint density at radius 1 is 1.05 bits per heavy atom. The number of aromatic nitrogens is 2. The lowest BCUT2D eigenvalue weighted by Gasteiger charge is -2.38. The van der Waals surface area contributed by atoms with Crippen molar-refractivity contribution in [2.24, 2.45) is 0 Å². The van der Waals surface area contributed by atoms with E-state index in [0.717, 1.165) is 90.7 Å². The predicted molar refractivity (Wildman–Crippen MR) is 173 cm³/mol. The van der Waals surface area contributed by atoms with Gasteiger partial charge in [-0.15, -0.1) is 0 Å². The van der Waals surface area contributed by atoms with Gasteiger partial charge in [-0.25, -0.2) is 4.39 Å². The van der Waals surface area contributed by atoms with Crippen molar-refractivity contribution in [2.45, 2.75) is 93.7 Å². The molecule has 5 fully saturated rings. The lowest BCUT2D eigenvalue weighted by Crippen LogP contribution is -2.52. The molecule has 6 heterocycles. The number of phenols is 1. The van der Waals surface area contributed by atoms with E-state index < -0.39 is 5.67 Å². The average molecular weight is 664 g/mol. The van der Waals surface area contributed by atoms with Crippen LogP contribution in [0, 0.1) is 0 Å². The molecule has 1 aromatic heterocycles. The molecular formula is C34H40BrFN6O2. The maximum Gasteiger partial charge on any atom is 0.318 e. The Kier molecular flexibility index (Phi) is 6.37. The smallest absolute Gasteiger partial charge is 0.318 e. The molecule has 4 saturated heterocycles. The molecule has 232 valence electrons. The number of rotatable bonds is 5. The Morgan fingerprint density at radius 2 is 1.91 bits per heavy atom. The largest absolute Gasteiger partial charge is 0.508 e. The zero-order valence-corrected chi connectivity index (χ0v) is 26.7. The molecule has 5 atom stereocenters. The molecular weight excluding hydrogens is 623 g/mol. The first-order valence-corrected chi connectivity index (χ1v) is 17.3. The monoisotopic (exact) mass is 662 g/mol. The van der Waals surface area contributed by atoms with Gasteiger partial charge in [-0.2, -0.15) is 9.97 Å². The van der Waals surface area contributed by atoms with Crippen molar-refractivity contribution in [3.8, 4) is 11.8 Å². The average Bonchev–Trinajstić information content (AvgIpc) is 3.73. The standard InChI is InChI=1S/C34H40BrFN6O2/c35-26-5-1-4-21-14-24(43)15-28(30(21)26)40-13-9-25-27(18-40)38-32(39-31(25)41-16-22-7-8-23(17-41)37-22)44-20-33-10-3-12-42(33)29-6-2-11-34(29,36)19-33/h1,4-5,14-15,22-23,29,37,43H,2-3,6-13,16-20H2/t22?,23?,29-,33+,34+/m0/s1. The van der Waals surface area contributed by atoms with E-state index in [0.29, 0.717) is 44.1 Å². The molecule has 44 heavy (non-hydrogen) atoms. The highest BCUT2D eigenvalue weighted by molar-refractivity contribution is 9.10. The second kappa shape index (κ2) is 10.2. The zero-order chi connectivity index (χ0) is 29.6. The highest BCUT2D eigenvalue weighted by Crippen LogP contribution is 2.55. The van der Waals surface area contributed by atoms with Crippen LogP contribution in [0.3, 0.4) is 0 Å². The molecule has 1 saturated carbocycles. The number of phenolic OH excluding ortho intramolecular Hbond substituents is 1. The number of halogens is 2. The second-order valence-corrected chi connectivity index (χ2v) is 15.1. The van der Waals surface area contributed by atoms with E-state index in [2.05, 4.69) is 42.0 Å². The zero-order valence-electron chi connectivity index (χ0n) is 25.1. The number of alkyl halides is 1. The Bertz CT molecular complexity index is 1630. The summed E-state index contributed by atoms with van der Waals surface area (Å²) in [4.78, 5) is 17.4. The van der Waals surface area contributed by atoms with Crippen LogP contribution in [-0.4, -0.2) is 82.1 Å².